The van der Waals surface area contributed by atoms with Crippen molar-refractivity contribution in [3.8, 4) is 22.3 Å². The maximum Gasteiger partial charge on any atom is 0.0468 e. The molecule has 0 aliphatic carbocycles. The lowest BCUT2D eigenvalue weighted by molar-refractivity contribution is 1.29. The van der Waals surface area contributed by atoms with Crippen LogP contribution < -0.4 is 4.90 Å². The van der Waals surface area contributed by atoms with Crippen molar-refractivity contribution in [2.75, 3.05) is 4.90 Å². The van der Waals surface area contributed by atoms with E-state index >= 15 is 0 Å². The summed E-state index contributed by atoms with van der Waals surface area (Å²) in [6, 6.07) is 68.5. The molecule has 0 saturated carbocycles. The summed E-state index contributed by atoms with van der Waals surface area (Å²) in [4.78, 5) is 2.36. The smallest absolute Gasteiger partial charge is 0.0468 e. The minimum atomic E-state index is 1.13. The summed E-state index contributed by atoms with van der Waals surface area (Å²) in [6.07, 6.45) is 0. The third-order valence-electron chi connectivity index (χ3n) is 10.0. The number of hydrogen-bond acceptors (Lipinski definition) is 2. The molecule has 10 aromatic rings. The standard InChI is InChI=1S/C48H31NS/c1-3-12-32(13-4-1)33-22-25-36(26-23-33)49(35-14-5-2-6-15-35)37-27-29-47-46(31-37)44-21-11-20-38(48(44)50-47)34-24-28-43-41-18-8-7-16-39(41)40-17-9-10-19-42(40)45(43)30-34/h1-31H. The van der Waals surface area contributed by atoms with Crippen molar-refractivity contribution in [1.82, 2.24) is 0 Å². The van der Waals surface area contributed by atoms with Gasteiger partial charge in [0, 0.05) is 37.2 Å². The van der Waals surface area contributed by atoms with Crippen LogP contribution in [0.2, 0.25) is 0 Å². The minimum Gasteiger partial charge on any atom is -0.310 e. The number of fused-ring (bicyclic) bond motifs is 9. The van der Waals surface area contributed by atoms with Crippen molar-refractivity contribution < 1.29 is 0 Å². The molecule has 0 atom stereocenters. The van der Waals surface area contributed by atoms with Gasteiger partial charge in [0.25, 0.3) is 0 Å². The number of nitrogens with zero attached hydrogens (tertiary/aromatic N) is 1. The largest absolute Gasteiger partial charge is 0.310 e. The highest BCUT2D eigenvalue weighted by atomic mass is 32.1. The van der Waals surface area contributed by atoms with Crippen LogP contribution in [0.4, 0.5) is 17.1 Å². The monoisotopic (exact) mass is 653 g/mol. The lowest BCUT2D eigenvalue weighted by Crippen LogP contribution is -2.09. The Bertz CT molecular complexity index is 2820. The number of rotatable bonds is 5. The second-order valence-corrected chi connectivity index (χ2v) is 14.0. The van der Waals surface area contributed by atoms with Crippen molar-refractivity contribution in [1.29, 1.82) is 0 Å². The summed E-state index contributed by atoms with van der Waals surface area (Å²) >= 11 is 1.89. The van der Waals surface area contributed by atoms with Gasteiger partial charge in [0.2, 0.25) is 0 Å². The first kappa shape index (κ1) is 28.8. The molecule has 0 bridgehead atoms. The van der Waals surface area contributed by atoms with Crippen molar-refractivity contribution in [2.45, 2.75) is 0 Å². The molecule has 0 radical (unpaired) electrons. The minimum absolute atomic E-state index is 1.13. The molecule has 10 rings (SSSR count). The van der Waals surface area contributed by atoms with Crippen molar-refractivity contribution in [3.63, 3.8) is 0 Å². The highest BCUT2D eigenvalue weighted by Crippen LogP contribution is 2.45. The lowest BCUT2D eigenvalue weighted by Gasteiger charge is -2.25. The van der Waals surface area contributed by atoms with Gasteiger partial charge in [-0.3, -0.25) is 0 Å². The molecule has 0 unspecified atom stereocenters. The Balaban J connectivity index is 1.12. The highest BCUT2D eigenvalue weighted by Gasteiger charge is 2.17. The van der Waals surface area contributed by atoms with Crippen molar-refractivity contribution >= 4 is 80.9 Å². The topological polar surface area (TPSA) is 3.24 Å². The molecule has 0 fully saturated rings. The second kappa shape index (κ2) is 11.7. The van der Waals surface area contributed by atoms with Gasteiger partial charge in [0.15, 0.2) is 0 Å². The van der Waals surface area contributed by atoms with Gasteiger partial charge < -0.3 is 4.90 Å². The fourth-order valence-corrected chi connectivity index (χ4v) is 8.90. The van der Waals surface area contributed by atoms with Gasteiger partial charge in [-0.15, -0.1) is 11.3 Å². The van der Waals surface area contributed by atoms with E-state index in [1.54, 1.807) is 0 Å². The highest BCUT2D eigenvalue weighted by molar-refractivity contribution is 7.26. The lowest BCUT2D eigenvalue weighted by atomic mass is 9.92. The molecule has 0 N–H and O–H groups in total. The third kappa shape index (κ3) is 4.69. The van der Waals surface area contributed by atoms with E-state index in [1.165, 1.54) is 74.7 Å². The van der Waals surface area contributed by atoms with E-state index in [-0.39, 0.29) is 0 Å². The Morgan fingerprint density at radius 3 is 1.52 bits per heavy atom. The molecule has 1 nitrogen and oxygen atoms in total. The van der Waals surface area contributed by atoms with Gasteiger partial charge in [0.1, 0.15) is 0 Å². The predicted molar refractivity (Wildman–Crippen MR) is 217 cm³/mol. The summed E-state index contributed by atoms with van der Waals surface area (Å²) in [6.45, 7) is 0. The molecule has 0 amide bonds. The predicted octanol–water partition coefficient (Wildman–Crippen LogP) is 14.3. The molecule has 0 aliphatic heterocycles. The third-order valence-corrected chi connectivity index (χ3v) is 11.3. The summed E-state index contributed by atoms with van der Waals surface area (Å²) in [5.74, 6) is 0. The first-order valence-corrected chi connectivity index (χ1v) is 17.9. The first-order valence-electron chi connectivity index (χ1n) is 17.1. The Morgan fingerprint density at radius 2 is 0.820 bits per heavy atom. The van der Waals surface area contributed by atoms with Crippen LogP contribution in [0.1, 0.15) is 0 Å². The van der Waals surface area contributed by atoms with Crippen LogP contribution >= 0.6 is 11.3 Å². The van der Waals surface area contributed by atoms with E-state index in [0.29, 0.717) is 0 Å². The molecule has 2 heteroatoms. The van der Waals surface area contributed by atoms with E-state index < -0.39 is 0 Å². The van der Waals surface area contributed by atoms with E-state index in [1.807, 2.05) is 11.3 Å². The Hall–Kier alpha value is -6.22. The molecular weight excluding hydrogens is 623 g/mol. The Morgan fingerprint density at radius 1 is 0.300 bits per heavy atom. The first-order chi connectivity index (χ1) is 24.8. The van der Waals surface area contributed by atoms with Gasteiger partial charge in [-0.25, -0.2) is 0 Å². The molecule has 1 heterocycles. The van der Waals surface area contributed by atoms with Gasteiger partial charge in [-0.05, 0) is 103 Å². The van der Waals surface area contributed by atoms with Gasteiger partial charge >= 0.3 is 0 Å². The quantitative estimate of drug-likeness (QED) is 0.167. The van der Waals surface area contributed by atoms with Crippen LogP contribution in [-0.4, -0.2) is 0 Å². The summed E-state index contributed by atoms with van der Waals surface area (Å²) in [7, 11) is 0. The number of benzene rings is 9. The second-order valence-electron chi connectivity index (χ2n) is 12.9. The van der Waals surface area contributed by atoms with Crippen LogP contribution in [0, 0.1) is 0 Å². The van der Waals surface area contributed by atoms with Crippen LogP contribution in [0.5, 0.6) is 0 Å². The number of hydrogen-bond donors (Lipinski definition) is 0. The normalized spacial score (nSPS) is 11.6. The van der Waals surface area contributed by atoms with E-state index in [0.717, 1.165) is 17.1 Å². The Kier molecular flexibility index (Phi) is 6.75. The van der Waals surface area contributed by atoms with Crippen molar-refractivity contribution in [3.05, 3.63) is 188 Å². The maximum absolute atomic E-state index is 2.41. The van der Waals surface area contributed by atoms with Gasteiger partial charge in [0.05, 0.1) is 0 Å². The molecule has 0 saturated heterocycles. The number of anilines is 3. The number of para-hydroxylation sites is 1. The maximum atomic E-state index is 2.41. The van der Waals surface area contributed by atoms with E-state index in [4.69, 9.17) is 0 Å². The van der Waals surface area contributed by atoms with E-state index in [9.17, 15) is 0 Å². The average molecular weight is 654 g/mol. The summed E-state index contributed by atoms with van der Waals surface area (Å²) < 4.78 is 2.61. The van der Waals surface area contributed by atoms with E-state index in [2.05, 4.69) is 193 Å². The van der Waals surface area contributed by atoms with Gasteiger partial charge in [-0.1, -0.05) is 140 Å². The van der Waals surface area contributed by atoms with Crippen LogP contribution in [0.15, 0.2) is 188 Å². The average Bonchev–Trinajstić information content (AvgIpc) is 3.57. The molecule has 1 aromatic heterocycles. The zero-order valence-electron chi connectivity index (χ0n) is 27.3. The fourth-order valence-electron chi connectivity index (χ4n) is 7.69. The molecule has 50 heavy (non-hydrogen) atoms. The molecular formula is C48H31NS. The van der Waals surface area contributed by atoms with Gasteiger partial charge in [-0.2, -0.15) is 0 Å². The number of thiophene rings is 1. The molecule has 234 valence electrons. The molecule has 9 aromatic carbocycles. The zero-order chi connectivity index (χ0) is 33.0. The fraction of sp³-hybridized carbons (Fsp3) is 0. The van der Waals surface area contributed by atoms with Crippen LogP contribution in [0.3, 0.4) is 0 Å². The van der Waals surface area contributed by atoms with Crippen LogP contribution in [0.25, 0.3) is 74.7 Å². The molecule has 0 aliphatic rings. The summed E-state index contributed by atoms with van der Waals surface area (Å²) in [5.41, 5.74) is 8.37. The molecule has 0 spiro atoms. The Labute approximate surface area is 294 Å². The van der Waals surface area contributed by atoms with Crippen LogP contribution in [-0.2, 0) is 0 Å². The SMILES string of the molecule is c1ccc(-c2ccc(N(c3ccccc3)c3ccc4sc5c(-c6ccc7c8ccccc8c8ccccc8c7c6)cccc5c4c3)cc2)cc1. The zero-order valence-corrected chi connectivity index (χ0v) is 28.1. The van der Waals surface area contributed by atoms with Crippen molar-refractivity contribution in [2.24, 2.45) is 0 Å². The summed E-state index contributed by atoms with van der Waals surface area (Å²) in [5, 5.41) is 10.4.